The lowest BCUT2D eigenvalue weighted by molar-refractivity contribution is -0.113. The highest BCUT2D eigenvalue weighted by Crippen LogP contribution is 2.31. The molecule has 1 fully saturated rings. The lowest BCUT2D eigenvalue weighted by Gasteiger charge is -2.34. The van der Waals surface area contributed by atoms with E-state index in [0.29, 0.717) is 17.9 Å². The molecule has 0 unspecified atom stereocenters. The van der Waals surface area contributed by atoms with Crippen molar-refractivity contribution >= 4 is 28.9 Å². The Balaban J connectivity index is 1.31. The molecule has 4 rings (SSSR count). The first-order chi connectivity index (χ1) is 15.2. The van der Waals surface area contributed by atoms with E-state index < -0.39 is 0 Å². The minimum Gasteiger partial charge on any atom is -0.489 e. The first-order valence-electron chi connectivity index (χ1n) is 10.3. The van der Waals surface area contributed by atoms with Gasteiger partial charge in [-0.3, -0.25) is 9.69 Å². The molecule has 2 aromatic rings. The van der Waals surface area contributed by atoms with Crippen molar-refractivity contribution in [3.63, 3.8) is 0 Å². The zero-order valence-corrected chi connectivity index (χ0v) is 18.1. The quantitative estimate of drug-likeness (QED) is 0.648. The fraction of sp³-hybridized carbons (Fsp3) is 0.292. The number of carbonyl (C=O) groups excluding carboxylic acids is 1. The Bertz CT molecular complexity index is 1000. The van der Waals surface area contributed by atoms with Gasteiger partial charge in [-0.1, -0.05) is 42.5 Å². The molecular weight excluding hydrogens is 408 g/mol. The predicted octanol–water partition coefficient (Wildman–Crippen LogP) is 3.77. The number of carbonyl (C=O) groups is 1. The molecule has 2 aromatic carbocycles. The van der Waals surface area contributed by atoms with Gasteiger partial charge in [-0.25, -0.2) is 0 Å². The van der Waals surface area contributed by atoms with Crippen LogP contribution in [0.2, 0.25) is 0 Å². The van der Waals surface area contributed by atoms with Gasteiger partial charge in [0.15, 0.2) is 5.17 Å². The molecule has 158 valence electrons. The Morgan fingerprint density at radius 3 is 2.52 bits per heavy atom. The molecule has 0 bridgehead atoms. The Hall–Kier alpha value is -3.08. The van der Waals surface area contributed by atoms with E-state index >= 15 is 0 Å². The third-order valence-corrected chi connectivity index (χ3v) is 6.26. The van der Waals surface area contributed by atoms with Crippen molar-refractivity contribution in [2.45, 2.75) is 13.0 Å². The van der Waals surface area contributed by atoms with Crippen LogP contribution in [0.15, 0.2) is 64.5 Å². The number of thioether (sulfide) groups is 1. The van der Waals surface area contributed by atoms with Crippen molar-refractivity contribution in [2.24, 2.45) is 4.99 Å². The Morgan fingerprint density at radius 2 is 1.81 bits per heavy atom. The van der Waals surface area contributed by atoms with Crippen LogP contribution >= 0.6 is 11.8 Å². The van der Waals surface area contributed by atoms with Crippen molar-refractivity contribution in [1.82, 2.24) is 9.80 Å². The summed E-state index contributed by atoms with van der Waals surface area (Å²) in [6.07, 6.45) is 2.44. The van der Waals surface area contributed by atoms with Gasteiger partial charge in [0.05, 0.1) is 11.0 Å². The minimum atomic E-state index is -0.184. The average Bonchev–Trinajstić information content (AvgIpc) is 3.18. The van der Waals surface area contributed by atoms with Crippen LogP contribution in [0.25, 0.3) is 6.08 Å². The minimum absolute atomic E-state index is 0.184. The molecule has 6 nitrogen and oxygen atoms in total. The predicted molar refractivity (Wildman–Crippen MR) is 123 cm³/mol. The summed E-state index contributed by atoms with van der Waals surface area (Å²) < 4.78 is 5.82. The monoisotopic (exact) mass is 432 g/mol. The van der Waals surface area contributed by atoms with Crippen LogP contribution in [0.5, 0.6) is 5.75 Å². The van der Waals surface area contributed by atoms with E-state index in [1.807, 2.05) is 60.7 Å². The average molecular weight is 433 g/mol. The Labute approximate surface area is 186 Å². The van der Waals surface area contributed by atoms with Crippen LogP contribution in [0.1, 0.15) is 17.5 Å². The van der Waals surface area contributed by atoms with Crippen LogP contribution in [-0.4, -0.2) is 53.6 Å². The highest BCUT2D eigenvalue weighted by atomic mass is 32.2. The van der Waals surface area contributed by atoms with Gasteiger partial charge in [-0.2, -0.15) is 10.3 Å². The molecule has 1 amide bonds. The molecule has 0 saturated carbocycles. The first kappa shape index (κ1) is 21.2. The summed E-state index contributed by atoms with van der Waals surface area (Å²) in [7, 11) is 0. The molecular formula is C24H24N4O2S. The molecule has 0 N–H and O–H groups in total. The number of hydrogen-bond acceptors (Lipinski definition) is 6. The smallest absolute Gasteiger partial charge is 0.286 e. The number of benzene rings is 2. The van der Waals surface area contributed by atoms with Crippen LogP contribution < -0.4 is 4.74 Å². The maximum absolute atomic E-state index is 12.4. The maximum atomic E-state index is 12.4. The number of amides is 1. The molecule has 1 saturated heterocycles. The number of hydrogen-bond donors (Lipinski definition) is 0. The fourth-order valence-corrected chi connectivity index (χ4v) is 4.42. The van der Waals surface area contributed by atoms with E-state index in [1.165, 1.54) is 11.8 Å². The lowest BCUT2D eigenvalue weighted by Crippen LogP contribution is -2.47. The number of aliphatic imine (C=N–C) groups is 1. The Morgan fingerprint density at radius 1 is 1.06 bits per heavy atom. The second-order valence-electron chi connectivity index (χ2n) is 7.39. The van der Waals surface area contributed by atoms with Crippen LogP contribution in [0, 0.1) is 11.3 Å². The third kappa shape index (κ3) is 5.75. The summed E-state index contributed by atoms with van der Waals surface area (Å²) in [6.45, 7) is 4.75. The fourth-order valence-electron chi connectivity index (χ4n) is 3.46. The summed E-state index contributed by atoms with van der Waals surface area (Å²) in [5.41, 5.74) is 2.07. The second-order valence-corrected chi connectivity index (χ2v) is 8.40. The van der Waals surface area contributed by atoms with E-state index in [1.54, 1.807) is 0 Å². The van der Waals surface area contributed by atoms with Crippen molar-refractivity contribution in [3.8, 4) is 11.8 Å². The van der Waals surface area contributed by atoms with Gasteiger partial charge in [0.1, 0.15) is 12.4 Å². The van der Waals surface area contributed by atoms with Crippen molar-refractivity contribution in [2.75, 3.05) is 32.7 Å². The number of ether oxygens (including phenoxy) is 1. The number of amidine groups is 1. The number of rotatable bonds is 6. The number of nitrogens with zero attached hydrogens (tertiary/aromatic N) is 4. The van der Waals surface area contributed by atoms with Crippen LogP contribution in [0.4, 0.5) is 0 Å². The van der Waals surface area contributed by atoms with Gasteiger partial charge in [0, 0.05) is 39.1 Å². The zero-order chi connectivity index (χ0) is 21.5. The van der Waals surface area contributed by atoms with Gasteiger partial charge in [0.25, 0.3) is 5.91 Å². The molecule has 2 heterocycles. The first-order valence-corrected chi connectivity index (χ1v) is 11.2. The van der Waals surface area contributed by atoms with E-state index in [2.05, 4.69) is 20.9 Å². The molecule has 0 aliphatic carbocycles. The normalized spacial score (nSPS) is 18.2. The van der Waals surface area contributed by atoms with Crippen molar-refractivity contribution in [3.05, 3.63) is 70.6 Å². The molecule has 0 atom stereocenters. The van der Waals surface area contributed by atoms with E-state index in [9.17, 15) is 4.79 Å². The van der Waals surface area contributed by atoms with E-state index in [4.69, 9.17) is 10.00 Å². The van der Waals surface area contributed by atoms with Gasteiger partial charge < -0.3 is 9.64 Å². The molecule has 0 radical (unpaired) electrons. The summed E-state index contributed by atoms with van der Waals surface area (Å²) in [6, 6.07) is 20.0. The maximum Gasteiger partial charge on any atom is 0.286 e. The summed E-state index contributed by atoms with van der Waals surface area (Å²) in [5, 5.41) is 9.51. The van der Waals surface area contributed by atoms with Gasteiger partial charge in [-0.15, -0.1) is 0 Å². The SMILES string of the molecule is N#CCCN1CCN(C2=NC(=O)C(=Cc3ccc(OCc4ccccc4)cc3)S2)CC1. The van der Waals surface area contributed by atoms with Crippen LogP contribution in [0.3, 0.4) is 0 Å². The standard InChI is InChI=1S/C24H24N4O2S/c25-11-4-12-27-13-15-28(16-14-27)24-26-23(29)22(31-24)17-19-7-9-21(10-8-19)30-18-20-5-2-1-3-6-20/h1-3,5-10,17H,4,12-16,18H2. The lowest BCUT2D eigenvalue weighted by atomic mass is 10.2. The molecule has 0 spiro atoms. The molecule has 7 heteroatoms. The summed E-state index contributed by atoms with van der Waals surface area (Å²) in [5.74, 6) is 0.610. The van der Waals surface area contributed by atoms with Gasteiger partial charge in [0.2, 0.25) is 0 Å². The molecule has 31 heavy (non-hydrogen) atoms. The largest absolute Gasteiger partial charge is 0.489 e. The third-order valence-electron chi connectivity index (χ3n) is 5.22. The van der Waals surface area contributed by atoms with E-state index in [0.717, 1.165) is 54.8 Å². The molecule has 2 aliphatic heterocycles. The summed E-state index contributed by atoms with van der Waals surface area (Å²) >= 11 is 1.44. The Kier molecular flexibility index (Phi) is 7.03. The van der Waals surface area contributed by atoms with Crippen molar-refractivity contribution in [1.29, 1.82) is 5.26 Å². The van der Waals surface area contributed by atoms with Crippen molar-refractivity contribution < 1.29 is 9.53 Å². The summed E-state index contributed by atoms with van der Waals surface area (Å²) in [4.78, 5) is 21.7. The molecule has 2 aliphatic rings. The second kappa shape index (κ2) is 10.3. The molecule has 0 aromatic heterocycles. The van der Waals surface area contributed by atoms with E-state index in [-0.39, 0.29) is 5.91 Å². The van der Waals surface area contributed by atoms with Gasteiger partial charge in [-0.05, 0) is 41.1 Å². The van der Waals surface area contributed by atoms with Crippen LogP contribution in [-0.2, 0) is 11.4 Å². The zero-order valence-electron chi connectivity index (χ0n) is 17.2. The van der Waals surface area contributed by atoms with Gasteiger partial charge >= 0.3 is 0 Å². The number of piperazine rings is 1. The topological polar surface area (TPSA) is 68.9 Å². The number of nitriles is 1. The highest BCUT2D eigenvalue weighted by Gasteiger charge is 2.28. The highest BCUT2D eigenvalue weighted by molar-refractivity contribution is 8.18.